The van der Waals surface area contributed by atoms with Crippen LogP contribution < -0.4 is 20.9 Å². The maximum Gasteiger partial charge on any atom is 0.323 e. The Morgan fingerprint density at radius 1 is 0.837 bits per heavy atom. The van der Waals surface area contributed by atoms with Crippen molar-refractivity contribution in [2.45, 2.75) is 31.7 Å². The highest BCUT2D eigenvalue weighted by Crippen LogP contribution is 2.28. The molecule has 6 rings (SSSR count). The maximum absolute atomic E-state index is 12.8. The van der Waals surface area contributed by atoms with E-state index in [1.54, 1.807) is 24.3 Å². The zero-order chi connectivity index (χ0) is 29.6. The SMILES string of the molecule is CC1CN(C(=O)c2ccc(NC(=O)Nc3ccc(-c4nc(C5CCOCC5)nc(N5CCOCC5)n4)cc3)cc2)CCN1. The molecular formula is C31H38N8O4. The fourth-order valence-corrected chi connectivity index (χ4v) is 5.54. The minimum absolute atomic E-state index is 0.000405. The van der Waals surface area contributed by atoms with Crippen molar-refractivity contribution in [3.05, 3.63) is 59.9 Å². The molecule has 3 saturated heterocycles. The van der Waals surface area contributed by atoms with E-state index in [2.05, 4.69) is 27.8 Å². The van der Waals surface area contributed by atoms with Crippen LogP contribution >= 0.6 is 0 Å². The van der Waals surface area contributed by atoms with Gasteiger partial charge in [-0.05, 0) is 68.3 Å². The second-order valence-electron chi connectivity index (χ2n) is 11.1. The first-order valence-corrected chi connectivity index (χ1v) is 15.0. The van der Waals surface area contributed by atoms with Crippen LogP contribution in [0.25, 0.3) is 11.4 Å². The predicted octanol–water partition coefficient (Wildman–Crippen LogP) is 3.35. The molecule has 0 bridgehead atoms. The smallest absolute Gasteiger partial charge is 0.323 e. The number of morpholine rings is 1. The van der Waals surface area contributed by atoms with E-state index in [-0.39, 0.29) is 23.9 Å². The molecule has 43 heavy (non-hydrogen) atoms. The van der Waals surface area contributed by atoms with E-state index in [0.717, 1.165) is 43.9 Å². The number of carbonyl (C=O) groups excluding carboxylic acids is 2. The van der Waals surface area contributed by atoms with Crippen molar-refractivity contribution in [1.29, 1.82) is 0 Å². The molecule has 3 aliphatic heterocycles. The first-order valence-electron chi connectivity index (χ1n) is 15.0. The molecule has 226 valence electrons. The first-order chi connectivity index (χ1) is 21.0. The highest BCUT2D eigenvalue weighted by molar-refractivity contribution is 6.00. The van der Waals surface area contributed by atoms with Gasteiger partial charge in [-0.3, -0.25) is 4.79 Å². The highest BCUT2D eigenvalue weighted by atomic mass is 16.5. The summed E-state index contributed by atoms with van der Waals surface area (Å²) in [4.78, 5) is 44.0. The summed E-state index contributed by atoms with van der Waals surface area (Å²) < 4.78 is 11.1. The van der Waals surface area contributed by atoms with Gasteiger partial charge in [0.05, 0.1) is 13.2 Å². The van der Waals surface area contributed by atoms with Gasteiger partial charge in [0.1, 0.15) is 5.82 Å². The number of ether oxygens (including phenoxy) is 2. The van der Waals surface area contributed by atoms with E-state index in [9.17, 15) is 9.59 Å². The van der Waals surface area contributed by atoms with Gasteiger partial charge in [-0.1, -0.05) is 0 Å². The molecule has 1 aromatic heterocycles. The molecule has 0 aliphatic carbocycles. The molecule has 4 heterocycles. The lowest BCUT2D eigenvalue weighted by Gasteiger charge is -2.32. The number of carbonyl (C=O) groups is 2. The maximum atomic E-state index is 12.8. The first kappa shape index (κ1) is 29.0. The summed E-state index contributed by atoms with van der Waals surface area (Å²) in [5.74, 6) is 2.31. The van der Waals surface area contributed by atoms with E-state index in [0.29, 0.717) is 68.2 Å². The van der Waals surface area contributed by atoms with Crippen LogP contribution in [0.5, 0.6) is 0 Å². The molecule has 2 aromatic carbocycles. The van der Waals surface area contributed by atoms with Gasteiger partial charge in [0.15, 0.2) is 5.82 Å². The van der Waals surface area contributed by atoms with E-state index in [4.69, 9.17) is 24.4 Å². The van der Waals surface area contributed by atoms with Gasteiger partial charge in [-0.2, -0.15) is 9.97 Å². The third-order valence-electron chi connectivity index (χ3n) is 7.97. The Bertz CT molecular complexity index is 1370. The average Bonchev–Trinajstić information content (AvgIpc) is 3.06. The molecule has 3 amide bonds. The molecule has 12 nitrogen and oxygen atoms in total. The van der Waals surface area contributed by atoms with E-state index in [1.165, 1.54) is 0 Å². The van der Waals surface area contributed by atoms with Crippen LogP contribution in [0.4, 0.5) is 22.1 Å². The number of urea groups is 1. The second kappa shape index (κ2) is 13.4. The fraction of sp³-hybridized carbons (Fsp3) is 0.452. The molecule has 12 heteroatoms. The van der Waals surface area contributed by atoms with Gasteiger partial charge in [-0.25, -0.2) is 9.78 Å². The number of nitrogens with zero attached hydrogens (tertiary/aromatic N) is 5. The molecule has 0 saturated carbocycles. The van der Waals surface area contributed by atoms with Crippen LogP contribution in [0.2, 0.25) is 0 Å². The lowest BCUT2D eigenvalue weighted by molar-refractivity contribution is 0.0709. The molecule has 3 aromatic rings. The highest BCUT2D eigenvalue weighted by Gasteiger charge is 2.24. The van der Waals surface area contributed by atoms with E-state index >= 15 is 0 Å². The van der Waals surface area contributed by atoms with Crippen molar-refractivity contribution in [1.82, 2.24) is 25.2 Å². The molecule has 3 aliphatic rings. The largest absolute Gasteiger partial charge is 0.381 e. The molecular weight excluding hydrogens is 548 g/mol. The summed E-state index contributed by atoms with van der Waals surface area (Å²) in [6, 6.07) is 14.3. The Morgan fingerprint density at radius 3 is 2.16 bits per heavy atom. The lowest BCUT2D eigenvalue weighted by Crippen LogP contribution is -2.51. The Hall–Kier alpha value is -4.13. The van der Waals surface area contributed by atoms with E-state index < -0.39 is 0 Å². The van der Waals surface area contributed by atoms with Crippen molar-refractivity contribution in [3.8, 4) is 11.4 Å². The molecule has 1 unspecified atom stereocenters. The Labute approximate surface area is 251 Å². The van der Waals surface area contributed by atoms with Crippen LogP contribution in [0.3, 0.4) is 0 Å². The monoisotopic (exact) mass is 586 g/mol. The lowest BCUT2D eigenvalue weighted by atomic mass is 9.99. The van der Waals surface area contributed by atoms with Gasteiger partial charge < -0.3 is 35.2 Å². The minimum Gasteiger partial charge on any atom is -0.381 e. The number of benzene rings is 2. The normalized spacial score (nSPS) is 19.6. The summed E-state index contributed by atoms with van der Waals surface area (Å²) in [6.45, 7) is 8.41. The van der Waals surface area contributed by atoms with Gasteiger partial charge in [0.2, 0.25) is 5.95 Å². The Morgan fingerprint density at radius 2 is 1.49 bits per heavy atom. The molecule has 3 N–H and O–H groups in total. The molecule has 0 spiro atoms. The third-order valence-corrected chi connectivity index (χ3v) is 7.97. The number of rotatable bonds is 6. The van der Waals surface area contributed by atoms with Gasteiger partial charge in [-0.15, -0.1) is 0 Å². The quantitative estimate of drug-likeness (QED) is 0.398. The summed E-state index contributed by atoms with van der Waals surface area (Å²) in [5.41, 5.74) is 2.68. The summed E-state index contributed by atoms with van der Waals surface area (Å²) in [6.07, 6.45) is 1.77. The topological polar surface area (TPSA) is 134 Å². The third kappa shape index (κ3) is 7.27. The van der Waals surface area contributed by atoms with Crippen molar-refractivity contribution in [2.24, 2.45) is 0 Å². The zero-order valence-electron chi connectivity index (χ0n) is 24.4. The Kier molecular flexibility index (Phi) is 9.06. The summed E-state index contributed by atoms with van der Waals surface area (Å²) in [7, 11) is 0. The summed E-state index contributed by atoms with van der Waals surface area (Å²) in [5, 5.41) is 9.04. The number of hydrogen-bond donors (Lipinski definition) is 3. The number of nitrogens with one attached hydrogen (secondary N) is 3. The Balaban J connectivity index is 1.10. The van der Waals surface area contributed by atoms with Crippen LogP contribution in [0, 0.1) is 0 Å². The van der Waals surface area contributed by atoms with Crippen molar-refractivity contribution >= 4 is 29.3 Å². The average molecular weight is 587 g/mol. The predicted molar refractivity (Wildman–Crippen MR) is 164 cm³/mol. The van der Waals surface area contributed by atoms with Gasteiger partial charge in [0, 0.05) is 80.4 Å². The zero-order valence-corrected chi connectivity index (χ0v) is 24.4. The number of anilines is 3. The van der Waals surface area contributed by atoms with Crippen molar-refractivity contribution in [2.75, 3.05) is 74.7 Å². The number of hydrogen-bond acceptors (Lipinski definition) is 9. The number of amides is 3. The summed E-state index contributed by atoms with van der Waals surface area (Å²) >= 11 is 0. The minimum atomic E-state index is -0.376. The molecule has 1 atom stereocenters. The van der Waals surface area contributed by atoms with Gasteiger partial charge in [0.25, 0.3) is 5.91 Å². The van der Waals surface area contributed by atoms with Crippen LogP contribution in [-0.4, -0.2) is 97.0 Å². The van der Waals surface area contributed by atoms with Crippen LogP contribution in [0.15, 0.2) is 48.5 Å². The van der Waals surface area contributed by atoms with Crippen LogP contribution in [0.1, 0.15) is 41.9 Å². The fourth-order valence-electron chi connectivity index (χ4n) is 5.54. The van der Waals surface area contributed by atoms with Gasteiger partial charge >= 0.3 is 6.03 Å². The molecule has 0 radical (unpaired) electrons. The van der Waals surface area contributed by atoms with E-state index in [1.807, 2.05) is 29.2 Å². The second-order valence-corrected chi connectivity index (χ2v) is 11.1. The number of aromatic nitrogens is 3. The number of piperazine rings is 1. The molecule has 3 fully saturated rings. The van der Waals surface area contributed by atoms with Crippen molar-refractivity contribution < 1.29 is 19.1 Å². The van der Waals surface area contributed by atoms with Crippen molar-refractivity contribution in [3.63, 3.8) is 0 Å². The van der Waals surface area contributed by atoms with Crippen LogP contribution in [-0.2, 0) is 9.47 Å². The standard InChI is InChI=1S/C31H38N8O4/c1-21-20-39(13-12-32-21)29(40)24-4-8-26(9-5-24)34-31(41)33-25-6-2-22(3-7-25)27-35-28(23-10-16-42-17-11-23)37-30(36-27)38-14-18-43-19-15-38/h2-9,21,23,32H,10-20H2,1H3,(H2,33,34,41).